The van der Waals surface area contributed by atoms with Gasteiger partial charge in [0.2, 0.25) is 0 Å². The highest BCUT2D eigenvalue weighted by atomic mass is 15.3. The summed E-state index contributed by atoms with van der Waals surface area (Å²) in [4.78, 5) is 9.38. The fraction of sp³-hybridized carbons (Fsp3) is 0.667. The molecule has 1 saturated carbocycles. The predicted molar refractivity (Wildman–Crippen MR) is 78.4 cm³/mol. The van der Waals surface area contributed by atoms with Gasteiger partial charge in [0.25, 0.3) is 0 Å². The Morgan fingerprint density at radius 3 is 2.95 bits per heavy atom. The van der Waals surface area contributed by atoms with Crippen molar-refractivity contribution < 1.29 is 0 Å². The lowest BCUT2D eigenvalue weighted by molar-refractivity contribution is 0.274. The maximum atomic E-state index is 4.56. The molecule has 1 atom stereocenters. The van der Waals surface area contributed by atoms with Gasteiger partial charge in [-0.05, 0) is 44.5 Å². The molecule has 0 amide bonds. The second kappa shape index (κ2) is 5.47. The van der Waals surface area contributed by atoms with Crippen LogP contribution in [0.4, 0.5) is 5.82 Å². The molecule has 4 heteroatoms. The van der Waals surface area contributed by atoms with Crippen molar-refractivity contribution in [1.82, 2.24) is 15.2 Å². The lowest BCUT2D eigenvalue weighted by Gasteiger charge is -2.39. The third-order valence-electron chi connectivity index (χ3n) is 4.11. The van der Waals surface area contributed by atoms with E-state index in [2.05, 4.69) is 46.2 Å². The zero-order valence-corrected chi connectivity index (χ0v) is 12.0. The molecule has 1 aliphatic carbocycles. The molecule has 4 nitrogen and oxygen atoms in total. The zero-order valence-electron chi connectivity index (χ0n) is 12.0. The van der Waals surface area contributed by atoms with E-state index in [9.17, 15) is 0 Å². The van der Waals surface area contributed by atoms with E-state index in [0.717, 1.165) is 38.0 Å². The molecule has 0 radical (unpaired) electrons. The molecule has 1 N–H and O–H groups in total. The first-order chi connectivity index (χ1) is 9.22. The van der Waals surface area contributed by atoms with Gasteiger partial charge in [-0.2, -0.15) is 0 Å². The van der Waals surface area contributed by atoms with Gasteiger partial charge in [0.05, 0.1) is 0 Å². The van der Waals surface area contributed by atoms with Crippen molar-refractivity contribution in [2.75, 3.05) is 31.6 Å². The summed E-state index contributed by atoms with van der Waals surface area (Å²) >= 11 is 0. The summed E-state index contributed by atoms with van der Waals surface area (Å²) in [5.74, 6) is 1.13. The second-order valence-corrected chi connectivity index (χ2v) is 5.98. The van der Waals surface area contributed by atoms with Crippen LogP contribution in [0.25, 0.3) is 0 Å². The van der Waals surface area contributed by atoms with E-state index >= 15 is 0 Å². The number of hydrogen-bond donors (Lipinski definition) is 1. The van der Waals surface area contributed by atoms with Crippen LogP contribution >= 0.6 is 0 Å². The fourth-order valence-electron chi connectivity index (χ4n) is 2.76. The average Bonchev–Trinajstić information content (AvgIpc) is 3.21. The molecule has 3 rings (SSSR count). The van der Waals surface area contributed by atoms with Crippen molar-refractivity contribution in [2.45, 2.75) is 38.4 Å². The van der Waals surface area contributed by atoms with E-state index in [4.69, 9.17) is 0 Å². The molecule has 1 saturated heterocycles. The van der Waals surface area contributed by atoms with Crippen LogP contribution in [-0.2, 0) is 6.54 Å². The molecule has 19 heavy (non-hydrogen) atoms. The lowest BCUT2D eigenvalue weighted by atomic mass is 10.2. The van der Waals surface area contributed by atoms with Crippen LogP contribution in [0.15, 0.2) is 18.3 Å². The standard InChI is InChI=1S/C15H24N4/c1-12-11-18(2)7-8-19(12)15-9-13(5-6-16-15)10-17-14-3-4-14/h5-6,9,12,14,17H,3-4,7-8,10-11H2,1-2H3. The maximum Gasteiger partial charge on any atom is 0.129 e. The van der Waals surface area contributed by atoms with E-state index in [-0.39, 0.29) is 0 Å². The smallest absolute Gasteiger partial charge is 0.129 e. The molecule has 0 aromatic carbocycles. The Kier molecular flexibility index (Phi) is 3.71. The Labute approximate surface area is 115 Å². The first-order valence-electron chi connectivity index (χ1n) is 7.36. The van der Waals surface area contributed by atoms with Gasteiger partial charge < -0.3 is 15.1 Å². The van der Waals surface area contributed by atoms with Gasteiger partial charge in [-0.1, -0.05) is 0 Å². The Morgan fingerprint density at radius 2 is 2.21 bits per heavy atom. The summed E-state index contributed by atoms with van der Waals surface area (Å²) in [7, 11) is 2.19. The number of pyridine rings is 1. The van der Waals surface area contributed by atoms with E-state index in [0.29, 0.717) is 6.04 Å². The largest absolute Gasteiger partial charge is 0.351 e. The highest BCUT2D eigenvalue weighted by Crippen LogP contribution is 2.21. The van der Waals surface area contributed by atoms with E-state index in [1.165, 1.54) is 18.4 Å². The molecule has 0 bridgehead atoms. The Hall–Kier alpha value is -1.13. The molecule has 2 heterocycles. The predicted octanol–water partition coefficient (Wildman–Crippen LogP) is 1.47. The number of hydrogen-bond acceptors (Lipinski definition) is 4. The monoisotopic (exact) mass is 260 g/mol. The lowest BCUT2D eigenvalue weighted by Crippen LogP contribution is -2.50. The van der Waals surface area contributed by atoms with E-state index < -0.39 is 0 Å². The molecule has 104 valence electrons. The second-order valence-electron chi connectivity index (χ2n) is 5.98. The number of anilines is 1. The summed E-state index contributed by atoms with van der Waals surface area (Å²) in [6, 6.07) is 5.67. The molecule has 1 aliphatic heterocycles. The van der Waals surface area contributed by atoms with E-state index in [1.807, 2.05) is 6.20 Å². The first kappa shape index (κ1) is 12.9. The number of aromatic nitrogens is 1. The van der Waals surface area contributed by atoms with Crippen LogP contribution in [0.2, 0.25) is 0 Å². The van der Waals surface area contributed by atoms with Gasteiger partial charge in [0, 0.05) is 44.5 Å². The third kappa shape index (κ3) is 3.25. The van der Waals surface area contributed by atoms with Gasteiger partial charge in [-0.25, -0.2) is 4.98 Å². The molecular weight excluding hydrogens is 236 g/mol. The van der Waals surface area contributed by atoms with Crippen molar-refractivity contribution in [2.24, 2.45) is 0 Å². The molecule has 0 spiro atoms. The van der Waals surface area contributed by atoms with Crippen molar-refractivity contribution >= 4 is 5.82 Å². The highest BCUT2D eigenvalue weighted by Gasteiger charge is 2.23. The topological polar surface area (TPSA) is 31.4 Å². The Balaban J connectivity index is 1.67. The summed E-state index contributed by atoms with van der Waals surface area (Å²) in [6.45, 7) is 6.57. The number of nitrogens with one attached hydrogen (secondary N) is 1. The SMILES string of the molecule is CC1CN(C)CCN1c1cc(CNC2CC2)ccn1. The summed E-state index contributed by atoms with van der Waals surface area (Å²) in [5, 5.41) is 3.57. The number of nitrogens with zero attached hydrogens (tertiary/aromatic N) is 3. The molecule has 2 aliphatic rings. The van der Waals surface area contributed by atoms with Gasteiger partial charge in [0.1, 0.15) is 5.82 Å². The first-order valence-corrected chi connectivity index (χ1v) is 7.36. The molecular formula is C15H24N4. The minimum atomic E-state index is 0.540. The number of piperazine rings is 1. The van der Waals surface area contributed by atoms with Crippen LogP contribution in [0.3, 0.4) is 0 Å². The van der Waals surface area contributed by atoms with Crippen LogP contribution in [-0.4, -0.2) is 48.6 Å². The van der Waals surface area contributed by atoms with E-state index in [1.54, 1.807) is 0 Å². The van der Waals surface area contributed by atoms with Crippen LogP contribution in [0.1, 0.15) is 25.3 Å². The average molecular weight is 260 g/mol. The van der Waals surface area contributed by atoms with Crippen LogP contribution < -0.4 is 10.2 Å². The third-order valence-corrected chi connectivity index (χ3v) is 4.11. The molecule has 1 aromatic heterocycles. The molecule has 1 aromatic rings. The van der Waals surface area contributed by atoms with Crippen LogP contribution in [0.5, 0.6) is 0 Å². The summed E-state index contributed by atoms with van der Waals surface area (Å²) in [6.07, 6.45) is 4.63. The van der Waals surface area contributed by atoms with Crippen LogP contribution in [0, 0.1) is 0 Å². The van der Waals surface area contributed by atoms with Crippen molar-refractivity contribution in [3.63, 3.8) is 0 Å². The Bertz CT molecular complexity index is 430. The maximum absolute atomic E-state index is 4.56. The van der Waals surface area contributed by atoms with Gasteiger partial charge in [0.15, 0.2) is 0 Å². The summed E-state index contributed by atoms with van der Waals surface area (Å²) < 4.78 is 0. The quantitative estimate of drug-likeness (QED) is 0.888. The molecule has 2 fully saturated rings. The van der Waals surface area contributed by atoms with Crippen molar-refractivity contribution in [3.05, 3.63) is 23.9 Å². The minimum absolute atomic E-state index is 0.540. The minimum Gasteiger partial charge on any atom is -0.351 e. The van der Waals surface area contributed by atoms with Crippen molar-refractivity contribution in [1.29, 1.82) is 0 Å². The Morgan fingerprint density at radius 1 is 1.37 bits per heavy atom. The number of rotatable bonds is 4. The highest BCUT2D eigenvalue weighted by molar-refractivity contribution is 5.42. The summed E-state index contributed by atoms with van der Waals surface area (Å²) in [5.41, 5.74) is 1.35. The van der Waals surface area contributed by atoms with Gasteiger partial charge >= 0.3 is 0 Å². The molecule has 1 unspecified atom stereocenters. The van der Waals surface area contributed by atoms with Gasteiger partial charge in [-0.3, -0.25) is 0 Å². The number of likely N-dealkylation sites (N-methyl/N-ethyl adjacent to an activating group) is 1. The normalized spacial score (nSPS) is 24.7. The van der Waals surface area contributed by atoms with Gasteiger partial charge in [-0.15, -0.1) is 0 Å². The fourth-order valence-corrected chi connectivity index (χ4v) is 2.76. The van der Waals surface area contributed by atoms with Crippen molar-refractivity contribution in [3.8, 4) is 0 Å². The zero-order chi connectivity index (χ0) is 13.2.